The van der Waals surface area contributed by atoms with Crippen molar-refractivity contribution >= 4 is 29.2 Å². The van der Waals surface area contributed by atoms with Crippen LogP contribution in [0, 0.1) is 0 Å². The second kappa shape index (κ2) is 6.57. The number of nitrogens with zero attached hydrogens (tertiary/aromatic N) is 1. The fourth-order valence-electron chi connectivity index (χ4n) is 2.00. The first-order valence-corrected chi connectivity index (χ1v) is 6.57. The molecule has 2 aromatic rings. The van der Waals surface area contributed by atoms with Crippen LogP contribution in [-0.2, 0) is 4.79 Å². The normalized spacial score (nSPS) is 9.91. The number of benzene rings is 2. The van der Waals surface area contributed by atoms with Crippen molar-refractivity contribution in [1.29, 1.82) is 0 Å². The Labute approximate surface area is 131 Å². The largest absolute Gasteiger partial charge is 0.478 e. The van der Waals surface area contributed by atoms with E-state index in [9.17, 15) is 14.4 Å². The maximum absolute atomic E-state index is 12.1. The molecule has 0 spiro atoms. The van der Waals surface area contributed by atoms with Crippen molar-refractivity contribution in [1.82, 2.24) is 0 Å². The highest BCUT2D eigenvalue weighted by Gasteiger charge is 2.16. The monoisotopic (exact) mass is 311 g/mol. The zero-order chi connectivity index (χ0) is 17.0. The van der Waals surface area contributed by atoms with Crippen molar-refractivity contribution < 1.29 is 24.6 Å². The molecule has 6 heteroatoms. The Kier molecular flexibility index (Phi) is 4.56. The molecule has 0 aromatic heterocycles. The Morgan fingerprint density at radius 3 is 1.39 bits per heavy atom. The van der Waals surface area contributed by atoms with E-state index in [-0.39, 0.29) is 11.1 Å². The third-order valence-corrected chi connectivity index (χ3v) is 3.14. The number of hydrogen-bond acceptors (Lipinski definition) is 3. The third kappa shape index (κ3) is 3.44. The van der Waals surface area contributed by atoms with E-state index in [0.717, 1.165) is 6.08 Å². The summed E-state index contributed by atoms with van der Waals surface area (Å²) in [6.45, 7) is 3.44. The summed E-state index contributed by atoms with van der Waals surface area (Å²) < 4.78 is 0. The maximum atomic E-state index is 12.1. The summed E-state index contributed by atoms with van der Waals surface area (Å²) in [6.07, 6.45) is 1.12. The Bertz CT molecular complexity index is 705. The van der Waals surface area contributed by atoms with Crippen molar-refractivity contribution in [2.45, 2.75) is 0 Å². The molecule has 0 unspecified atom stereocenters. The summed E-state index contributed by atoms with van der Waals surface area (Å²) in [4.78, 5) is 35.2. The van der Waals surface area contributed by atoms with E-state index in [2.05, 4.69) is 6.58 Å². The average Bonchev–Trinajstić information content (AvgIpc) is 2.55. The molecule has 0 atom stereocenters. The molecule has 1 amide bonds. The van der Waals surface area contributed by atoms with E-state index in [1.807, 2.05) is 0 Å². The molecule has 2 N–H and O–H groups in total. The molecule has 0 saturated heterocycles. The van der Waals surface area contributed by atoms with E-state index in [1.54, 1.807) is 0 Å². The fraction of sp³-hybridized carbons (Fsp3) is 0. The molecular formula is C17H13NO5. The summed E-state index contributed by atoms with van der Waals surface area (Å²) in [5, 5.41) is 17.8. The number of carbonyl (C=O) groups excluding carboxylic acids is 1. The van der Waals surface area contributed by atoms with Crippen LogP contribution in [-0.4, -0.2) is 28.1 Å². The predicted octanol–water partition coefficient (Wildman–Crippen LogP) is 2.93. The quantitative estimate of drug-likeness (QED) is 0.828. The van der Waals surface area contributed by atoms with E-state index in [1.165, 1.54) is 53.4 Å². The first-order valence-electron chi connectivity index (χ1n) is 6.57. The van der Waals surface area contributed by atoms with Crippen LogP contribution in [0.2, 0.25) is 0 Å². The number of rotatable bonds is 5. The number of carbonyl (C=O) groups is 3. The minimum absolute atomic E-state index is 0.0981. The van der Waals surface area contributed by atoms with E-state index in [4.69, 9.17) is 10.2 Å². The van der Waals surface area contributed by atoms with Gasteiger partial charge in [0.05, 0.1) is 11.1 Å². The second-order valence-corrected chi connectivity index (χ2v) is 4.58. The molecule has 0 fully saturated rings. The van der Waals surface area contributed by atoms with Crippen molar-refractivity contribution in [3.8, 4) is 0 Å². The minimum Gasteiger partial charge on any atom is -0.478 e. The molecule has 0 radical (unpaired) electrons. The van der Waals surface area contributed by atoms with Crippen LogP contribution in [0.3, 0.4) is 0 Å². The van der Waals surface area contributed by atoms with Crippen LogP contribution >= 0.6 is 0 Å². The number of anilines is 2. The van der Waals surface area contributed by atoms with Gasteiger partial charge in [0, 0.05) is 11.4 Å². The summed E-state index contributed by atoms with van der Waals surface area (Å²) in [5.41, 5.74) is 1.09. The van der Waals surface area contributed by atoms with Crippen molar-refractivity contribution in [2.75, 3.05) is 4.90 Å². The van der Waals surface area contributed by atoms with Gasteiger partial charge in [0.25, 0.3) is 5.91 Å². The average molecular weight is 311 g/mol. The van der Waals surface area contributed by atoms with Gasteiger partial charge >= 0.3 is 11.9 Å². The maximum Gasteiger partial charge on any atom is 0.335 e. The molecule has 2 aromatic carbocycles. The Balaban J connectivity index is 2.44. The van der Waals surface area contributed by atoms with E-state index in [0.29, 0.717) is 11.4 Å². The lowest BCUT2D eigenvalue weighted by Gasteiger charge is -2.21. The van der Waals surface area contributed by atoms with Crippen molar-refractivity contribution in [3.63, 3.8) is 0 Å². The summed E-state index contributed by atoms with van der Waals surface area (Å²) in [7, 11) is 0. The minimum atomic E-state index is -1.07. The van der Waals surface area contributed by atoms with Gasteiger partial charge in [-0.1, -0.05) is 6.58 Å². The standard InChI is InChI=1S/C17H13NO5/c1-2-15(19)18(13-7-3-11(4-8-13)16(20)21)14-9-5-12(6-10-14)17(22)23/h2-10H,1H2,(H,20,21)(H,22,23). The summed E-state index contributed by atoms with van der Waals surface area (Å²) in [5.74, 6) is -2.55. The van der Waals surface area contributed by atoms with Gasteiger partial charge in [0.1, 0.15) is 0 Å². The Hall–Kier alpha value is -3.41. The molecule has 0 bridgehead atoms. The first-order chi connectivity index (χ1) is 10.9. The van der Waals surface area contributed by atoms with Crippen LogP contribution in [0.1, 0.15) is 20.7 Å². The smallest absolute Gasteiger partial charge is 0.335 e. The van der Waals surface area contributed by atoms with Gasteiger partial charge in [-0.05, 0) is 54.6 Å². The second-order valence-electron chi connectivity index (χ2n) is 4.58. The van der Waals surface area contributed by atoms with Crippen molar-refractivity contribution in [3.05, 3.63) is 72.3 Å². The first kappa shape index (κ1) is 16.0. The predicted molar refractivity (Wildman–Crippen MR) is 84.1 cm³/mol. The zero-order valence-corrected chi connectivity index (χ0v) is 12.0. The number of amides is 1. The zero-order valence-electron chi connectivity index (χ0n) is 12.0. The summed E-state index contributed by atoms with van der Waals surface area (Å²) in [6, 6.07) is 11.5. The highest BCUT2D eigenvalue weighted by atomic mass is 16.4. The van der Waals surface area contributed by atoms with E-state index < -0.39 is 17.8 Å². The molecule has 116 valence electrons. The van der Waals surface area contributed by atoms with Gasteiger partial charge in [-0.15, -0.1) is 0 Å². The Morgan fingerprint density at radius 1 is 0.783 bits per heavy atom. The SMILES string of the molecule is C=CC(=O)N(c1ccc(C(=O)O)cc1)c1ccc(C(=O)O)cc1. The van der Waals surface area contributed by atoms with Crippen LogP contribution in [0.15, 0.2) is 61.2 Å². The topological polar surface area (TPSA) is 94.9 Å². The number of carboxylic acids is 2. The molecule has 0 saturated carbocycles. The molecule has 0 aliphatic rings. The van der Waals surface area contributed by atoms with Crippen LogP contribution in [0.4, 0.5) is 11.4 Å². The van der Waals surface area contributed by atoms with Gasteiger partial charge in [0.15, 0.2) is 0 Å². The fourth-order valence-corrected chi connectivity index (χ4v) is 2.00. The lowest BCUT2D eigenvalue weighted by atomic mass is 10.1. The van der Waals surface area contributed by atoms with Gasteiger partial charge < -0.3 is 10.2 Å². The molecule has 0 aliphatic heterocycles. The third-order valence-electron chi connectivity index (χ3n) is 3.14. The van der Waals surface area contributed by atoms with Crippen LogP contribution < -0.4 is 4.90 Å². The molecule has 0 aliphatic carbocycles. The molecule has 6 nitrogen and oxygen atoms in total. The van der Waals surface area contributed by atoms with E-state index >= 15 is 0 Å². The number of carboxylic acid groups (broad SMARTS) is 2. The molecule has 0 heterocycles. The highest BCUT2D eigenvalue weighted by Crippen LogP contribution is 2.26. The van der Waals surface area contributed by atoms with Crippen LogP contribution in [0.25, 0.3) is 0 Å². The number of hydrogen-bond donors (Lipinski definition) is 2. The number of aromatic carboxylic acids is 2. The van der Waals surface area contributed by atoms with Gasteiger partial charge in [-0.3, -0.25) is 9.69 Å². The van der Waals surface area contributed by atoms with Crippen LogP contribution in [0.5, 0.6) is 0 Å². The Morgan fingerprint density at radius 2 is 1.13 bits per heavy atom. The van der Waals surface area contributed by atoms with Gasteiger partial charge in [0.2, 0.25) is 0 Å². The lowest BCUT2D eigenvalue weighted by Crippen LogP contribution is -2.23. The molecule has 2 rings (SSSR count). The molecular weight excluding hydrogens is 298 g/mol. The summed E-state index contributed by atoms with van der Waals surface area (Å²) >= 11 is 0. The van der Waals surface area contributed by atoms with Gasteiger partial charge in [-0.2, -0.15) is 0 Å². The lowest BCUT2D eigenvalue weighted by molar-refractivity contribution is -0.113. The van der Waals surface area contributed by atoms with Crippen molar-refractivity contribution in [2.24, 2.45) is 0 Å². The highest BCUT2D eigenvalue weighted by molar-refractivity contribution is 6.07. The molecule has 23 heavy (non-hydrogen) atoms. The van der Waals surface area contributed by atoms with Gasteiger partial charge in [-0.25, -0.2) is 9.59 Å².